The van der Waals surface area contributed by atoms with Crippen LogP contribution in [0.3, 0.4) is 0 Å². The Morgan fingerprint density at radius 2 is 1.23 bits per heavy atom. The minimum absolute atomic E-state index is 0.580. The summed E-state index contributed by atoms with van der Waals surface area (Å²) < 4.78 is 9.21. The highest BCUT2D eigenvalue weighted by Crippen LogP contribution is 2.43. The van der Waals surface area contributed by atoms with Crippen LogP contribution in [0, 0.1) is 0 Å². The van der Waals surface area contributed by atoms with E-state index in [4.69, 9.17) is 19.4 Å². The number of hydrogen-bond acceptors (Lipinski definition) is 4. The smallest absolute Gasteiger partial charge is 0.167 e. The summed E-state index contributed by atoms with van der Waals surface area (Å²) in [7, 11) is 0. The lowest BCUT2D eigenvalue weighted by atomic mass is 10.0. The first-order valence-corrected chi connectivity index (χ1v) is 17.8. The van der Waals surface area contributed by atoms with Crippen molar-refractivity contribution in [3.63, 3.8) is 0 Å². The summed E-state index contributed by atoms with van der Waals surface area (Å²) in [5.74, 6) is 1.87. The van der Waals surface area contributed by atoms with Gasteiger partial charge in [-0.3, -0.25) is 0 Å². The van der Waals surface area contributed by atoms with E-state index in [2.05, 4.69) is 150 Å². The van der Waals surface area contributed by atoms with E-state index in [1.165, 1.54) is 26.9 Å². The standard InChI is InChI=1S/C47H30N4O/c1-2-13-30(14-3-1)45-48-46(34-23-22-29-12-4-5-15-31(29)26-34)50-47(49-45)37-24-25-40(43-36-19-9-11-21-42(36)52-44(37)43)51-39-20-10-8-18-35(39)38-27-32-16-6-7-17-33(32)28-41(38)51/h2,4-28H,1,3H2. The lowest BCUT2D eigenvalue weighted by Gasteiger charge is -2.13. The summed E-state index contributed by atoms with van der Waals surface area (Å²) in [6.45, 7) is 0. The van der Waals surface area contributed by atoms with Crippen molar-refractivity contribution in [3.8, 4) is 28.5 Å². The van der Waals surface area contributed by atoms with Crippen LogP contribution >= 0.6 is 0 Å². The lowest BCUT2D eigenvalue weighted by Crippen LogP contribution is -2.03. The van der Waals surface area contributed by atoms with Crippen molar-refractivity contribution in [1.82, 2.24) is 19.5 Å². The van der Waals surface area contributed by atoms with Crippen LogP contribution in [0.25, 0.3) is 99.3 Å². The van der Waals surface area contributed by atoms with Gasteiger partial charge >= 0.3 is 0 Å². The van der Waals surface area contributed by atoms with Gasteiger partial charge in [-0.1, -0.05) is 115 Å². The Labute approximate surface area is 298 Å². The molecule has 0 aliphatic heterocycles. The van der Waals surface area contributed by atoms with Gasteiger partial charge in [0, 0.05) is 27.3 Å². The highest BCUT2D eigenvalue weighted by atomic mass is 16.3. The number of furan rings is 1. The predicted molar refractivity (Wildman–Crippen MR) is 214 cm³/mol. The highest BCUT2D eigenvalue weighted by molar-refractivity contribution is 6.18. The van der Waals surface area contributed by atoms with Crippen molar-refractivity contribution in [3.05, 3.63) is 164 Å². The molecule has 11 rings (SSSR count). The topological polar surface area (TPSA) is 56.7 Å². The van der Waals surface area contributed by atoms with Gasteiger partial charge in [0.1, 0.15) is 11.2 Å². The first-order valence-electron chi connectivity index (χ1n) is 17.8. The van der Waals surface area contributed by atoms with E-state index in [9.17, 15) is 0 Å². The fourth-order valence-electron chi connectivity index (χ4n) is 7.95. The van der Waals surface area contributed by atoms with Gasteiger partial charge in [0.2, 0.25) is 0 Å². The number of aromatic nitrogens is 4. The largest absolute Gasteiger partial charge is 0.455 e. The van der Waals surface area contributed by atoms with Crippen LogP contribution in [0.4, 0.5) is 0 Å². The molecule has 0 unspecified atom stereocenters. The van der Waals surface area contributed by atoms with E-state index in [0.717, 1.165) is 73.6 Å². The monoisotopic (exact) mass is 666 g/mol. The molecule has 5 nitrogen and oxygen atoms in total. The molecule has 0 saturated carbocycles. The second-order valence-electron chi connectivity index (χ2n) is 13.5. The molecule has 0 bridgehead atoms. The average Bonchev–Trinajstić information content (AvgIpc) is 3.76. The number of fused-ring (bicyclic) bond motifs is 8. The van der Waals surface area contributed by atoms with E-state index >= 15 is 0 Å². The van der Waals surface area contributed by atoms with Gasteiger partial charge in [0.25, 0.3) is 0 Å². The first-order chi connectivity index (χ1) is 25.8. The molecule has 0 radical (unpaired) electrons. The van der Waals surface area contributed by atoms with E-state index < -0.39 is 0 Å². The summed E-state index contributed by atoms with van der Waals surface area (Å²) in [6, 6.07) is 49.3. The van der Waals surface area contributed by atoms with Gasteiger partial charge in [0.15, 0.2) is 17.5 Å². The summed E-state index contributed by atoms with van der Waals surface area (Å²) in [5.41, 5.74) is 7.69. The average molecular weight is 667 g/mol. The third-order valence-corrected chi connectivity index (χ3v) is 10.4. The van der Waals surface area contributed by atoms with Crippen molar-refractivity contribution in [2.75, 3.05) is 0 Å². The van der Waals surface area contributed by atoms with Crippen LogP contribution in [0.5, 0.6) is 0 Å². The maximum absolute atomic E-state index is 6.82. The number of hydrogen-bond donors (Lipinski definition) is 0. The Morgan fingerprint density at radius 1 is 0.519 bits per heavy atom. The van der Waals surface area contributed by atoms with E-state index in [1.807, 2.05) is 12.1 Å². The van der Waals surface area contributed by atoms with Crippen LogP contribution in [-0.2, 0) is 0 Å². The zero-order valence-corrected chi connectivity index (χ0v) is 28.1. The van der Waals surface area contributed by atoms with Gasteiger partial charge in [-0.25, -0.2) is 15.0 Å². The second kappa shape index (κ2) is 11.3. The molecule has 3 aromatic heterocycles. The Balaban J connectivity index is 1.20. The zero-order valence-electron chi connectivity index (χ0n) is 28.1. The zero-order chi connectivity index (χ0) is 34.2. The molecule has 10 aromatic rings. The number of para-hydroxylation sites is 2. The summed E-state index contributed by atoms with van der Waals surface area (Å²) in [4.78, 5) is 15.4. The number of nitrogens with zero attached hydrogens (tertiary/aromatic N) is 4. The minimum Gasteiger partial charge on any atom is -0.455 e. The molecule has 0 amide bonds. The molecule has 1 aliphatic carbocycles. The fourth-order valence-corrected chi connectivity index (χ4v) is 7.95. The molecule has 0 fully saturated rings. The van der Waals surface area contributed by atoms with Crippen molar-refractivity contribution >= 4 is 70.9 Å². The summed E-state index contributed by atoms with van der Waals surface area (Å²) in [6.07, 6.45) is 8.50. The molecular weight excluding hydrogens is 637 g/mol. The maximum Gasteiger partial charge on any atom is 0.167 e. The number of benzene rings is 7. The van der Waals surface area contributed by atoms with Crippen molar-refractivity contribution in [2.45, 2.75) is 12.8 Å². The lowest BCUT2D eigenvalue weighted by molar-refractivity contribution is 0.669. The van der Waals surface area contributed by atoms with Gasteiger partial charge < -0.3 is 8.98 Å². The van der Waals surface area contributed by atoms with E-state index in [1.54, 1.807) is 0 Å². The van der Waals surface area contributed by atoms with Gasteiger partial charge in [0.05, 0.1) is 27.7 Å². The quantitative estimate of drug-likeness (QED) is 0.188. The molecule has 7 aromatic carbocycles. The SMILES string of the molecule is C1=CC(c2nc(-c3ccc4ccccc4c3)nc(-c3ccc(-n4c5ccccc5c5cc6ccccc6cc54)c4c3oc3ccccc34)n2)=CCC1. The van der Waals surface area contributed by atoms with Crippen molar-refractivity contribution in [2.24, 2.45) is 0 Å². The van der Waals surface area contributed by atoms with Crippen molar-refractivity contribution in [1.29, 1.82) is 0 Å². The molecule has 0 N–H and O–H groups in total. The summed E-state index contributed by atoms with van der Waals surface area (Å²) in [5, 5.41) is 9.24. The fraction of sp³-hybridized carbons (Fsp3) is 0.0426. The molecule has 52 heavy (non-hydrogen) atoms. The van der Waals surface area contributed by atoms with E-state index in [-0.39, 0.29) is 0 Å². The Hall–Kier alpha value is -6.85. The van der Waals surface area contributed by atoms with Crippen LogP contribution in [0.15, 0.2) is 162 Å². The van der Waals surface area contributed by atoms with Crippen LogP contribution in [0.1, 0.15) is 18.7 Å². The number of rotatable bonds is 4. The molecule has 3 heterocycles. The van der Waals surface area contributed by atoms with Crippen LogP contribution in [0.2, 0.25) is 0 Å². The highest BCUT2D eigenvalue weighted by Gasteiger charge is 2.23. The third kappa shape index (κ3) is 4.46. The molecule has 5 heteroatoms. The minimum atomic E-state index is 0.580. The predicted octanol–water partition coefficient (Wildman–Crippen LogP) is 12.2. The number of allylic oxidation sites excluding steroid dienone is 4. The normalized spacial score (nSPS) is 13.3. The molecule has 1 aliphatic rings. The molecule has 0 spiro atoms. The van der Waals surface area contributed by atoms with Gasteiger partial charge in [-0.05, 0) is 76.9 Å². The molecule has 0 atom stereocenters. The second-order valence-corrected chi connectivity index (χ2v) is 13.5. The molecular formula is C47H30N4O. The maximum atomic E-state index is 6.82. The van der Waals surface area contributed by atoms with Gasteiger partial charge in [-0.2, -0.15) is 0 Å². The van der Waals surface area contributed by atoms with Crippen LogP contribution < -0.4 is 0 Å². The summed E-state index contributed by atoms with van der Waals surface area (Å²) >= 11 is 0. The first kappa shape index (κ1) is 28.9. The van der Waals surface area contributed by atoms with E-state index in [0.29, 0.717) is 17.5 Å². The van der Waals surface area contributed by atoms with Gasteiger partial charge in [-0.15, -0.1) is 0 Å². The Kier molecular flexibility index (Phi) is 6.31. The Bertz CT molecular complexity index is 3140. The molecule has 244 valence electrons. The third-order valence-electron chi connectivity index (χ3n) is 10.4. The van der Waals surface area contributed by atoms with Crippen molar-refractivity contribution < 1.29 is 4.42 Å². The Morgan fingerprint density at radius 3 is 2.08 bits per heavy atom. The molecule has 0 saturated heterocycles. The van der Waals surface area contributed by atoms with Crippen LogP contribution in [-0.4, -0.2) is 19.5 Å².